The monoisotopic (exact) mass is 253 g/mol. The molecule has 0 saturated heterocycles. The van der Waals surface area contributed by atoms with Crippen molar-refractivity contribution >= 4 is 17.4 Å². The predicted octanol–water partition coefficient (Wildman–Crippen LogP) is 3.20. The topological polar surface area (TPSA) is 37.0 Å². The number of aromatic nitrogens is 1. The number of anilines is 1. The number of pyridine rings is 1. The van der Waals surface area contributed by atoms with Gasteiger partial charge in [-0.25, -0.2) is 4.98 Å². The van der Waals surface area contributed by atoms with Crippen molar-refractivity contribution in [3.63, 3.8) is 0 Å². The summed E-state index contributed by atoms with van der Waals surface area (Å²) < 4.78 is 0. The summed E-state index contributed by atoms with van der Waals surface area (Å²) in [4.78, 5) is 4.29. The van der Waals surface area contributed by atoms with Crippen LogP contribution in [0.25, 0.3) is 0 Å². The minimum absolute atomic E-state index is 0.0939. The second-order valence-corrected chi connectivity index (χ2v) is 6.09. The minimum atomic E-state index is 0.0939. The number of hydrogen-bond donors (Lipinski definition) is 2. The second kappa shape index (κ2) is 4.83. The van der Waals surface area contributed by atoms with E-state index in [1.54, 1.807) is 6.20 Å². The summed E-state index contributed by atoms with van der Waals surface area (Å²) >= 11 is 6.15. The average molecular weight is 254 g/mol. The molecule has 1 aromatic heterocycles. The Hall–Kier alpha value is -0.800. The summed E-state index contributed by atoms with van der Waals surface area (Å²) in [5, 5.41) is 7.54. The van der Waals surface area contributed by atoms with Gasteiger partial charge >= 0.3 is 0 Å². The second-order valence-electron chi connectivity index (χ2n) is 5.68. The van der Waals surface area contributed by atoms with Gasteiger partial charge in [0, 0.05) is 24.3 Å². The SMILES string of the molecule is CC(C)(C)NCc1cc(NC2CC2)ncc1Cl. The Morgan fingerprint density at radius 1 is 1.41 bits per heavy atom. The summed E-state index contributed by atoms with van der Waals surface area (Å²) in [5.41, 5.74) is 1.19. The zero-order chi connectivity index (χ0) is 12.5. The van der Waals surface area contributed by atoms with Crippen LogP contribution in [0.15, 0.2) is 12.3 Å². The van der Waals surface area contributed by atoms with E-state index >= 15 is 0 Å². The fourth-order valence-corrected chi connectivity index (χ4v) is 1.66. The summed E-state index contributed by atoms with van der Waals surface area (Å²) in [7, 11) is 0. The van der Waals surface area contributed by atoms with E-state index in [2.05, 4.69) is 36.4 Å². The molecule has 0 unspecified atom stereocenters. The van der Waals surface area contributed by atoms with Crippen molar-refractivity contribution in [2.75, 3.05) is 5.32 Å². The van der Waals surface area contributed by atoms with Crippen LogP contribution in [0.3, 0.4) is 0 Å². The highest BCUT2D eigenvalue weighted by molar-refractivity contribution is 6.31. The molecule has 1 heterocycles. The molecule has 1 aliphatic rings. The third-order valence-electron chi connectivity index (χ3n) is 2.67. The first-order valence-corrected chi connectivity index (χ1v) is 6.48. The molecular weight excluding hydrogens is 234 g/mol. The molecule has 0 amide bonds. The normalized spacial score (nSPS) is 16.0. The summed E-state index contributed by atoms with van der Waals surface area (Å²) in [5.74, 6) is 0.933. The van der Waals surface area contributed by atoms with Crippen molar-refractivity contribution < 1.29 is 0 Å². The van der Waals surface area contributed by atoms with Gasteiger partial charge in [-0.05, 0) is 45.2 Å². The van der Waals surface area contributed by atoms with Crippen LogP contribution in [0.2, 0.25) is 5.02 Å². The Bertz CT molecular complexity index is 394. The molecule has 0 bridgehead atoms. The standard InChI is InChI=1S/C13H20ClN3/c1-13(2,3)16-7-9-6-12(15-8-11(9)14)17-10-4-5-10/h6,8,10,16H,4-5,7H2,1-3H3,(H,15,17). The molecule has 0 aromatic carbocycles. The van der Waals surface area contributed by atoms with Gasteiger partial charge in [-0.3, -0.25) is 0 Å². The van der Waals surface area contributed by atoms with Crippen molar-refractivity contribution in [1.82, 2.24) is 10.3 Å². The van der Waals surface area contributed by atoms with Crippen molar-refractivity contribution in [3.8, 4) is 0 Å². The van der Waals surface area contributed by atoms with Crippen molar-refractivity contribution in [2.45, 2.75) is 51.7 Å². The Labute approximate surface area is 108 Å². The van der Waals surface area contributed by atoms with Crippen LogP contribution in [-0.2, 0) is 6.54 Å². The van der Waals surface area contributed by atoms with Crippen molar-refractivity contribution in [3.05, 3.63) is 22.8 Å². The van der Waals surface area contributed by atoms with E-state index in [4.69, 9.17) is 11.6 Å². The molecule has 0 atom stereocenters. The zero-order valence-electron chi connectivity index (χ0n) is 10.7. The summed E-state index contributed by atoms with van der Waals surface area (Å²) in [6.07, 6.45) is 4.23. The molecule has 1 fully saturated rings. The fourth-order valence-electron chi connectivity index (χ4n) is 1.49. The van der Waals surface area contributed by atoms with Gasteiger partial charge in [0.05, 0.1) is 5.02 Å². The largest absolute Gasteiger partial charge is 0.367 e. The van der Waals surface area contributed by atoms with Crippen molar-refractivity contribution in [2.24, 2.45) is 0 Å². The van der Waals surface area contributed by atoms with E-state index in [1.807, 2.05) is 6.07 Å². The molecule has 3 nitrogen and oxygen atoms in total. The molecule has 1 saturated carbocycles. The molecule has 94 valence electrons. The van der Waals surface area contributed by atoms with E-state index in [1.165, 1.54) is 12.8 Å². The maximum absolute atomic E-state index is 6.15. The summed E-state index contributed by atoms with van der Waals surface area (Å²) in [6, 6.07) is 2.66. The lowest BCUT2D eigenvalue weighted by atomic mass is 10.1. The molecular formula is C13H20ClN3. The molecule has 0 radical (unpaired) electrons. The Morgan fingerprint density at radius 2 is 2.12 bits per heavy atom. The maximum Gasteiger partial charge on any atom is 0.126 e. The lowest BCUT2D eigenvalue weighted by Gasteiger charge is -2.21. The highest BCUT2D eigenvalue weighted by Crippen LogP contribution is 2.25. The molecule has 0 spiro atoms. The fraction of sp³-hybridized carbons (Fsp3) is 0.615. The van der Waals surface area contributed by atoms with Gasteiger partial charge in [0.25, 0.3) is 0 Å². The predicted molar refractivity (Wildman–Crippen MR) is 72.5 cm³/mol. The lowest BCUT2D eigenvalue weighted by Crippen LogP contribution is -2.35. The lowest BCUT2D eigenvalue weighted by molar-refractivity contribution is 0.424. The highest BCUT2D eigenvalue weighted by atomic mass is 35.5. The number of halogens is 1. The van der Waals surface area contributed by atoms with Crippen LogP contribution in [0, 0.1) is 0 Å². The molecule has 1 aliphatic carbocycles. The van der Waals surface area contributed by atoms with E-state index < -0.39 is 0 Å². The van der Waals surface area contributed by atoms with E-state index in [-0.39, 0.29) is 5.54 Å². The molecule has 2 N–H and O–H groups in total. The molecule has 17 heavy (non-hydrogen) atoms. The Balaban J connectivity index is 2.03. The van der Waals surface area contributed by atoms with Crippen LogP contribution in [0.4, 0.5) is 5.82 Å². The first-order valence-electron chi connectivity index (χ1n) is 6.10. The molecule has 2 rings (SSSR count). The number of rotatable bonds is 4. The van der Waals surface area contributed by atoms with Crippen LogP contribution < -0.4 is 10.6 Å². The maximum atomic E-state index is 6.15. The van der Waals surface area contributed by atoms with Crippen LogP contribution in [0.5, 0.6) is 0 Å². The first-order chi connectivity index (χ1) is 7.94. The van der Waals surface area contributed by atoms with Crippen LogP contribution in [-0.4, -0.2) is 16.6 Å². The van der Waals surface area contributed by atoms with Gasteiger partial charge in [-0.1, -0.05) is 11.6 Å². The van der Waals surface area contributed by atoms with E-state index in [9.17, 15) is 0 Å². The molecule has 4 heteroatoms. The Morgan fingerprint density at radius 3 is 2.71 bits per heavy atom. The van der Waals surface area contributed by atoms with Crippen molar-refractivity contribution in [1.29, 1.82) is 0 Å². The van der Waals surface area contributed by atoms with E-state index in [0.29, 0.717) is 6.04 Å². The molecule has 0 aliphatic heterocycles. The third kappa shape index (κ3) is 4.17. The number of hydrogen-bond acceptors (Lipinski definition) is 3. The average Bonchev–Trinajstić information content (AvgIpc) is 3.01. The minimum Gasteiger partial charge on any atom is -0.367 e. The van der Waals surface area contributed by atoms with Gasteiger partial charge in [-0.2, -0.15) is 0 Å². The quantitative estimate of drug-likeness (QED) is 0.865. The van der Waals surface area contributed by atoms with Gasteiger partial charge in [-0.15, -0.1) is 0 Å². The van der Waals surface area contributed by atoms with Gasteiger partial charge in [0.15, 0.2) is 0 Å². The van der Waals surface area contributed by atoms with E-state index in [0.717, 1.165) is 22.9 Å². The van der Waals surface area contributed by atoms with Crippen LogP contribution >= 0.6 is 11.6 Å². The number of nitrogens with one attached hydrogen (secondary N) is 2. The van der Waals surface area contributed by atoms with Gasteiger partial charge in [0.2, 0.25) is 0 Å². The third-order valence-corrected chi connectivity index (χ3v) is 3.01. The number of nitrogens with zero attached hydrogens (tertiary/aromatic N) is 1. The smallest absolute Gasteiger partial charge is 0.126 e. The highest BCUT2D eigenvalue weighted by Gasteiger charge is 2.21. The van der Waals surface area contributed by atoms with Gasteiger partial charge in [0.1, 0.15) is 5.82 Å². The Kier molecular flexibility index (Phi) is 3.59. The van der Waals surface area contributed by atoms with Gasteiger partial charge < -0.3 is 10.6 Å². The summed E-state index contributed by atoms with van der Waals surface area (Å²) in [6.45, 7) is 7.20. The molecule has 1 aromatic rings. The van der Waals surface area contributed by atoms with Crippen LogP contribution in [0.1, 0.15) is 39.2 Å². The zero-order valence-corrected chi connectivity index (χ0v) is 11.4. The first kappa shape index (κ1) is 12.7.